The molecular weight excluding hydrogens is 344 g/mol. The Morgan fingerprint density at radius 3 is 2.24 bits per heavy atom. The van der Waals surface area contributed by atoms with E-state index in [2.05, 4.69) is 14.5 Å². The molecule has 0 bridgehead atoms. The minimum Gasteiger partial charge on any atom is -0.435 e. The summed E-state index contributed by atoms with van der Waals surface area (Å²) in [6, 6.07) is 6.54. The molecule has 1 aliphatic heterocycles. The van der Waals surface area contributed by atoms with Gasteiger partial charge in [-0.15, -0.1) is 0 Å². The number of benzene rings is 1. The highest BCUT2D eigenvalue weighted by Crippen LogP contribution is 2.28. The summed E-state index contributed by atoms with van der Waals surface area (Å²) >= 11 is 0. The standard InChI is InChI=1S/C16H12F4N2O3/c17-15(18)24-11-4-10(5-12(6-11)25-16(19)20)14(23)22-7-9-2-1-3-21-13(9)8-22/h1-6,15-16H,7-8H2. The highest BCUT2D eigenvalue weighted by atomic mass is 19.3. The van der Waals surface area contributed by atoms with Crippen LogP contribution in [0.3, 0.4) is 0 Å². The van der Waals surface area contributed by atoms with Crippen LogP contribution in [0.15, 0.2) is 36.5 Å². The zero-order valence-corrected chi connectivity index (χ0v) is 12.7. The van der Waals surface area contributed by atoms with Gasteiger partial charge in [0.25, 0.3) is 5.91 Å². The van der Waals surface area contributed by atoms with Gasteiger partial charge in [0.1, 0.15) is 11.5 Å². The third kappa shape index (κ3) is 3.98. The highest BCUT2D eigenvalue weighted by Gasteiger charge is 2.26. The van der Waals surface area contributed by atoms with Crippen molar-refractivity contribution < 1.29 is 31.8 Å². The Labute approximate surface area is 139 Å². The molecular formula is C16H12F4N2O3. The second kappa shape index (κ2) is 6.96. The molecule has 1 aromatic carbocycles. The topological polar surface area (TPSA) is 51.7 Å². The van der Waals surface area contributed by atoms with Crippen molar-refractivity contribution in [1.82, 2.24) is 9.88 Å². The van der Waals surface area contributed by atoms with E-state index < -0.39 is 30.6 Å². The first kappa shape index (κ1) is 17.0. The molecule has 0 saturated heterocycles. The van der Waals surface area contributed by atoms with Crippen molar-refractivity contribution in [1.29, 1.82) is 0 Å². The molecule has 0 radical (unpaired) electrons. The molecule has 9 heteroatoms. The molecule has 25 heavy (non-hydrogen) atoms. The van der Waals surface area contributed by atoms with Crippen molar-refractivity contribution in [2.24, 2.45) is 0 Å². The van der Waals surface area contributed by atoms with E-state index >= 15 is 0 Å². The summed E-state index contributed by atoms with van der Waals surface area (Å²) in [6.07, 6.45) is 1.60. The largest absolute Gasteiger partial charge is 0.435 e. The van der Waals surface area contributed by atoms with Gasteiger partial charge in [-0.05, 0) is 23.8 Å². The molecule has 132 valence electrons. The number of nitrogens with zero attached hydrogens (tertiary/aromatic N) is 2. The first-order valence-corrected chi connectivity index (χ1v) is 7.19. The van der Waals surface area contributed by atoms with E-state index in [1.54, 1.807) is 12.3 Å². The molecule has 1 aromatic heterocycles. The normalized spacial score (nSPS) is 13.3. The van der Waals surface area contributed by atoms with Gasteiger partial charge in [0.05, 0.1) is 12.2 Å². The lowest BCUT2D eigenvalue weighted by atomic mass is 10.1. The van der Waals surface area contributed by atoms with Crippen LogP contribution >= 0.6 is 0 Å². The maximum Gasteiger partial charge on any atom is 0.387 e. The molecule has 1 amide bonds. The second-order valence-corrected chi connectivity index (χ2v) is 5.22. The summed E-state index contributed by atoms with van der Waals surface area (Å²) in [5, 5.41) is 0. The van der Waals surface area contributed by atoms with Crippen molar-refractivity contribution in [3.8, 4) is 11.5 Å². The van der Waals surface area contributed by atoms with E-state index in [9.17, 15) is 22.4 Å². The molecule has 2 aromatic rings. The van der Waals surface area contributed by atoms with Crippen molar-refractivity contribution >= 4 is 5.91 Å². The number of hydrogen-bond acceptors (Lipinski definition) is 4. The Balaban J connectivity index is 1.86. The van der Waals surface area contributed by atoms with Gasteiger partial charge >= 0.3 is 13.2 Å². The third-order valence-corrected chi connectivity index (χ3v) is 3.55. The van der Waals surface area contributed by atoms with E-state index in [1.807, 2.05) is 6.07 Å². The molecule has 0 fully saturated rings. The van der Waals surface area contributed by atoms with Gasteiger partial charge < -0.3 is 14.4 Å². The van der Waals surface area contributed by atoms with Gasteiger partial charge in [-0.3, -0.25) is 9.78 Å². The number of aromatic nitrogens is 1. The van der Waals surface area contributed by atoms with E-state index in [0.717, 1.165) is 29.5 Å². The summed E-state index contributed by atoms with van der Waals surface area (Å²) in [7, 11) is 0. The summed E-state index contributed by atoms with van der Waals surface area (Å²) in [4.78, 5) is 18.2. The summed E-state index contributed by atoms with van der Waals surface area (Å²) < 4.78 is 58.1. The maximum atomic E-state index is 12.6. The lowest BCUT2D eigenvalue weighted by Gasteiger charge is -2.17. The fourth-order valence-electron chi connectivity index (χ4n) is 2.56. The quantitative estimate of drug-likeness (QED) is 0.770. The smallest absolute Gasteiger partial charge is 0.387 e. The van der Waals surface area contributed by atoms with E-state index in [-0.39, 0.29) is 18.7 Å². The number of fused-ring (bicyclic) bond motifs is 1. The number of ether oxygens (including phenoxy) is 2. The van der Waals surface area contributed by atoms with Crippen molar-refractivity contribution in [2.75, 3.05) is 0 Å². The molecule has 3 rings (SSSR count). The average Bonchev–Trinajstić information content (AvgIpc) is 2.96. The van der Waals surface area contributed by atoms with E-state index in [4.69, 9.17) is 0 Å². The summed E-state index contributed by atoms with van der Waals surface area (Å²) in [5.74, 6) is -1.41. The van der Waals surface area contributed by atoms with Gasteiger partial charge in [0, 0.05) is 24.4 Å². The van der Waals surface area contributed by atoms with E-state index in [0.29, 0.717) is 0 Å². The van der Waals surface area contributed by atoms with Crippen molar-refractivity contribution in [3.05, 3.63) is 53.3 Å². The van der Waals surface area contributed by atoms with Crippen LogP contribution in [-0.4, -0.2) is 29.0 Å². The van der Waals surface area contributed by atoms with Gasteiger partial charge in [-0.1, -0.05) is 6.07 Å². The zero-order chi connectivity index (χ0) is 18.0. The van der Waals surface area contributed by atoms with Crippen LogP contribution in [0, 0.1) is 0 Å². The number of carbonyl (C=O) groups is 1. The minimum atomic E-state index is -3.16. The summed E-state index contributed by atoms with van der Waals surface area (Å²) in [5.41, 5.74) is 1.49. The molecule has 0 aliphatic carbocycles. The molecule has 2 heterocycles. The van der Waals surface area contributed by atoms with Crippen molar-refractivity contribution in [2.45, 2.75) is 26.3 Å². The van der Waals surface area contributed by atoms with Gasteiger partial charge in [-0.25, -0.2) is 0 Å². The molecule has 0 N–H and O–H groups in total. The first-order chi connectivity index (χ1) is 11.9. The number of carbonyl (C=O) groups excluding carboxylic acids is 1. The fraction of sp³-hybridized carbons (Fsp3) is 0.250. The average molecular weight is 356 g/mol. The number of rotatable bonds is 5. The molecule has 0 spiro atoms. The molecule has 0 atom stereocenters. The SMILES string of the molecule is O=C(c1cc(OC(F)F)cc(OC(F)F)c1)N1Cc2cccnc2C1. The van der Waals surface area contributed by atoms with Crippen LogP contribution in [0.2, 0.25) is 0 Å². The lowest BCUT2D eigenvalue weighted by molar-refractivity contribution is -0.0543. The van der Waals surface area contributed by atoms with Crippen LogP contribution in [-0.2, 0) is 13.1 Å². The first-order valence-electron chi connectivity index (χ1n) is 7.19. The minimum absolute atomic E-state index is 0.0957. The number of halogens is 4. The molecule has 0 unspecified atom stereocenters. The number of amides is 1. The van der Waals surface area contributed by atoms with E-state index in [1.165, 1.54) is 4.90 Å². The molecule has 0 saturated carbocycles. The number of pyridine rings is 1. The predicted molar refractivity (Wildman–Crippen MR) is 77.5 cm³/mol. The Hall–Kier alpha value is -2.84. The number of alkyl halides is 4. The van der Waals surface area contributed by atoms with Crippen LogP contribution in [0.5, 0.6) is 11.5 Å². The predicted octanol–water partition coefficient (Wildman–Crippen LogP) is 3.44. The highest BCUT2D eigenvalue weighted by molar-refractivity contribution is 5.95. The third-order valence-electron chi connectivity index (χ3n) is 3.55. The van der Waals surface area contributed by atoms with Crippen LogP contribution in [0.4, 0.5) is 17.6 Å². The Bertz CT molecular complexity index is 732. The van der Waals surface area contributed by atoms with Crippen molar-refractivity contribution in [3.63, 3.8) is 0 Å². The van der Waals surface area contributed by atoms with Crippen LogP contribution < -0.4 is 9.47 Å². The Kier molecular flexibility index (Phi) is 4.73. The number of hydrogen-bond donors (Lipinski definition) is 0. The molecule has 1 aliphatic rings. The maximum absolute atomic E-state index is 12.6. The Morgan fingerprint density at radius 2 is 1.68 bits per heavy atom. The lowest BCUT2D eigenvalue weighted by Crippen LogP contribution is -2.25. The summed E-state index contributed by atoms with van der Waals surface area (Å²) in [6.45, 7) is -5.80. The molecule has 5 nitrogen and oxygen atoms in total. The zero-order valence-electron chi connectivity index (χ0n) is 12.7. The van der Waals surface area contributed by atoms with Gasteiger partial charge in [0.2, 0.25) is 0 Å². The monoisotopic (exact) mass is 356 g/mol. The van der Waals surface area contributed by atoms with Gasteiger partial charge in [-0.2, -0.15) is 17.6 Å². The second-order valence-electron chi connectivity index (χ2n) is 5.22. The fourth-order valence-corrected chi connectivity index (χ4v) is 2.56. The van der Waals surface area contributed by atoms with Crippen LogP contribution in [0.1, 0.15) is 21.6 Å². The van der Waals surface area contributed by atoms with Gasteiger partial charge in [0.15, 0.2) is 0 Å². The Morgan fingerprint density at radius 1 is 1.04 bits per heavy atom. The van der Waals surface area contributed by atoms with Crippen LogP contribution in [0.25, 0.3) is 0 Å².